The molecule has 2 nitrogen and oxygen atoms in total. The SMILES string of the molecule is CC(C)C1CC(Nc2cccc(-n3cccc3)c2)C1. The maximum absolute atomic E-state index is 3.65. The van der Waals surface area contributed by atoms with E-state index in [-0.39, 0.29) is 0 Å². The molecule has 2 heteroatoms. The van der Waals surface area contributed by atoms with Crippen molar-refractivity contribution in [2.75, 3.05) is 5.32 Å². The van der Waals surface area contributed by atoms with Crippen LogP contribution in [0.1, 0.15) is 26.7 Å². The summed E-state index contributed by atoms with van der Waals surface area (Å²) < 4.78 is 2.14. The molecule has 3 rings (SSSR count). The molecule has 100 valence electrons. The molecule has 0 unspecified atom stereocenters. The van der Waals surface area contributed by atoms with E-state index in [1.54, 1.807) is 0 Å². The monoisotopic (exact) mass is 254 g/mol. The fourth-order valence-corrected chi connectivity index (χ4v) is 2.82. The highest BCUT2D eigenvalue weighted by Gasteiger charge is 2.30. The molecule has 0 spiro atoms. The first kappa shape index (κ1) is 12.3. The summed E-state index contributed by atoms with van der Waals surface area (Å²) >= 11 is 0. The summed E-state index contributed by atoms with van der Waals surface area (Å²) in [5, 5.41) is 3.65. The standard InChI is InChI=1S/C17H22N2/c1-13(2)14-10-16(11-14)18-15-6-5-7-17(12-15)19-8-3-4-9-19/h3-9,12-14,16,18H,10-11H2,1-2H3. The molecule has 1 fully saturated rings. The summed E-state index contributed by atoms with van der Waals surface area (Å²) in [5.74, 6) is 1.73. The maximum atomic E-state index is 3.65. The van der Waals surface area contributed by atoms with Gasteiger partial charge in [-0.1, -0.05) is 19.9 Å². The first-order valence-corrected chi connectivity index (χ1v) is 7.22. The van der Waals surface area contributed by atoms with Crippen molar-refractivity contribution in [2.24, 2.45) is 11.8 Å². The van der Waals surface area contributed by atoms with E-state index in [9.17, 15) is 0 Å². The Labute approximate surface area is 115 Å². The molecule has 0 amide bonds. The minimum atomic E-state index is 0.660. The molecular weight excluding hydrogens is 232 g/mol. The number of rotatable bonds is 4. The third-order valence-corrected chi connectivity index (χ3v) is 4.24. The molecule has 1 saturated carbocycles. The summed E-state index contributed by atoms with van der Waals surface area (Å²) in [6, 6.07) is 13.4. The number of hydrogen-bond acceptors (Lipinski definition) is 1. The Kier molecular flexibility index (Phi) is 3.33. The van der Waals surface area contributed by atoms with Crippen LogP contribution in [0.2, 0.25) is 0 Å². The molecule has 0 bridgehead atoms. The van der Waals surface area contributed by atoms with E-state index in [1.165, 1.54) is 24.2 Å². The van der Waals surface area contributed by atoms with Crippen molar-refractivity contribution < 1.29 is 0 Å². The van der Waals surface area contributed by atoms with Gasteiger partial charge in [-0.05, 0) is 55.0 Å². The van der Waals surface area contributed by atoms with Crippen molar-refractivity contribution in [1.29, 1.82) is 0 Å². The van der Waals surface area contributed by atoms with Crippen LogP contribution < -0.4 is 5.32 Å². The van der Waals surface area contributed by atoms with Crippen molar-refractivity contribution in [3.05, 3.63) is 48.8 Å². The van der Waals surface area contributed by atoms with E-state index >= 15 is 0 Å². The molecule has 1 aromatic carbocycles. The van der Waals surface area contributed by atoms with Crippen molar-refractivity contribution in [3.8, 4) is 5.69 Å². The van der Waals surface area contributed by atoms with Crippen LogP contribution in [0.5, 0.6) is 0 Å². The molecule has 0 radical (unpaired) electrons. The van der Waals surface area contributed by atoms with Gasteiger partial charge in [0, 0.05) is 29.8 Å². The van der Waals surface area contributed by atoms with Gasteiger partial charge in [0.1, 0.15) is 0 Å². The van der Waals surface area contributed by atoms with Gasteiger partial charge in [-0.15, -0.1) is 0 Å². The van der Waals surface area contributed by atoms with Crippen LogP contribution in [-0.4, -0.2) is 10.6 Å². The molecule has 1 aromatic heterocycles. The van der Waals surface area contributed by atoms with Gasteiger partial charge in [-0.25, -0.2) is 0 Å². The van der Waals surface area contributed by atoms with Crippen LogP contribution in [-0.2, 0) is 0 Å². The second kappa shape index (κ2) is 5.12. The quantitative estimate of drug-likeness (QED) is 0.859. The summed E-state index contributed by atoms with van der Waals surface area (Å²) in [6.07, 6.45) is 6.78. The number of nitrogens with one attached hydrogen (secondary N) is 1. The molecule has 0 atom stereocenters. The Bertz CT molecular complexity index is 522. The lowest BCUT2D eigenvalue weighted by Crippen LogP contribution is -2.37. The maximum Gasteiger partial charge on any atom is 0.0469 e. The molecule has 1 N–H and O–H groups in total. The van der Waals surface area contributed by atoms with E-state index in [2.05, 4.69) is 72.5 Å². The second-order valence-corrected chi connectivity index (χ2v) is 5.96. The molecular formula is C17H22N2. The Hall–Kier alpha value is -1.70. The number of anilines is 1. The lowest BCUT2D eigenvalue weighted by molar-refractivity contribution is 0.212. The van der Waals surface area contributed by atoms with Gasteiger partial charge in [0.05, 0.1) is 0 Å². The largest absolute Gasteiger partial charge is 0.382 e. The third-order valence-electron chi connectivity index (χ3n) is 4.24. The average molecular weight is 254 g/mol. The van der Waals surface area contributed by atoms with Crippen molar-refractivity contribution in [3.63, 3.8) is 0 Å². The lowest BCUT2D eigenvalue weighted by Gasteiger charge is -2.39. The first-order valence-electron chi connectivity index (χ1n) is 7.22. The normalized spacial score (nSPS) is 22.3. The Balaban J connectivity index is 1.65. The van der Waals surface area contributed by atoms with Crippen LogP contribution in [0.15, 0.2) is 48.8 Å². The number of hydrogen-bond donors (Lipinski definition) is 1. The number of nitrogens with zero attached hydrogens (tertiary/aromatic N) is 1. The van der Waals surface area contributed by atoms with Gasteiger partial charge in [0.25, 0.3) is 0 Å². The van der Waals surface area contributed by atoms with E-state index in [0.717, 1.165) is 11.8 Å². The van der Waals surface area contributed by atoms with E-state index < -0.39 is 0 Å². The first-order chi connectivity index (χ1) is 9.22. The van der Waals surface area contributed by atoms with Crippen LogP contribution >= 0.6 is 0 Å². The highest BCUT2D eigenvalue weighted by atomic mass is 15.0. The van der Waals surface area contributed by atoms with Crippen LogP contribution in [0.3, 0.4) is 0 Å². The highest BCUT2D eigenvalue weighted by Crippen LogP contribution is 2.35. The molecule has 1 aliphatic rings. The van der Waals surface area contributed by atoms with Gasteiger partial charge < -0.3 is 9.88 Å². The van der Waals surface area contributed by atoms with Gasteiger partial charge in [-0.3, -0.25) is 0 Å². The number of benzene rings is 1. The minimum absolute atomic E-state index is 0.660. The van der Waals surface area contributed by atoms with Crippen LogP contribution in [0.4, 0.5) is 5.69 Å². The third kappa shape index (κ3) is 2.67. The molecule has 1 aliphatic carbocycles. The summed E-state index contributed by atoms with van der Waals surface area (Å²) in [7, 11) is 0. The summed E-state index contributed by atoms with van der Waals surface area (Å²) in [5.41, 5.74) is 2.45. The molecule has 1 heterocycles. The molecule has 2 aromatic rings. The Morgan fingerprint density at radius 1 is 1.11 bits per heavy atom. The van der Waals surface area contributed by atoms with Crippen molar-refractivity contribution in [2.45, 2.75) is 32.7 Å². The van der Waals surface area contributed by atoms with E-state index in [4.69, 9.17) is 0 Å². The fraction of sp³-hybridized carbons (Fsp3) is 0.412. The average Bonchev–Trinajstić information content (AvgIpc) is 2.87. The lowest BCUT2D eigenvalue weighted by atomic mass is 9.73. The second-order valence-electron chi connectivity index (χ2n) is 5.96. The zero-order chi connectivity index (χ0) is 13.2. The molecule has 0 saturated heterocycles. The van der Waals surface area contributed by atoms with Gasteiger partial charge >= 0.3 is 0 Å². The van der Waals surface area contributed by atoms with Gasteiger partial charge in [0.15, 0.2) is 0 Å². The van der Waals surface area contributed by atoms with Crippen molar-refractivity contribution in [1.82, 2.24) is 4.57 Å². The van der Waals surface area contributed by atoms with Gasteiger partial charge in [0.2, 0.25) is 0 Å². The van der Waals surface area contributed by atoms with Crippen molar-refractivity contribution >= 4 is 5.69 Å². The van der Waals surface area contributed by atoms with Crippen LogP contribution in [0.25, 0.3) is 5.69 Å². The van der Waals surface area contributed by atoms with Crippen LogP contribution in [0, 0.1) is 11.8 Å². The Morgan fingerprint density at radius 2 is 1.84 bits per heavy atom. The number of aromatic nitrogens is 1. The summed E-state index contributed by atoms with van der Waals surface area (Å²) in [6.45, 7) is 4.65. The summed E-state index contributed by atoms with van der Waals surface area (Å²) in [4.78, 5) is 0. The Morgan fingerprint density at radius 3 is 2.53 bits per heavy atom. The molecule has 0 aliphatic heterocycles. The van der Waals surface area contributed by atoms with E-state index in [1.807, 2.05) is 0 Å². The predicted octanol–water partition coefficient (Wildman–Crippen LogP) is 4.32. The van der Waals surface area contributed by atoms with E-state index in [0.29, 0.717) is 6.04 Å². The molecule has 19 heavy (non-hydrogen) atoms. The highest BCUT2D eigenvalue weighted by molar-refractivity contribution is 5.52. The predicted molar refractivity (Wildman–Crippen MR) is 80.7 cm³/mol. The zero-order valence-electron chi connectivity index (χ0n) is 11.7. The minimum Gasteiger partial charge on any atom is -0.382 e. The topological polar surface area (TPSA) is 17.0 Å². The van der Waals surface area contributed by atoms with Gasteiger partial charge in [-0.2, -0.15) is 0 Å². The zero-order valence-corrected chi connectivity index (χ0v) is 11.7. The fourth-order valence-electron chi connectivity index (χ4n) is 2.82. The smallest absolute Gasteiger partial charge is 0.0469 e.